The SMILES string of the molecule is Cc1cc(CC#N)c(F)c([N+](=O)[O-])c1. The molecule has 0 heterocycles. The van der Waals surface area contributed by atoms with E-state index in [2.05, 4.69) is 0 Å². The predicted octanol–water partition coefficient (Wildman–Crippen LogP) is 2.11. The monoisotopic (exact) mass is 194 g/mol. The van der Waals surface area contributed by atoms with E-state index in [1.165, 1.54) is 6.07 Å². The second kappa shape index (κ2) is 3.83. The Hall–Kier alpha value is -1.96. The lowest BCUT2D eigenvalue weighted by atomic mass is 10.1. The lowest BCUT2D eigenvalue weighted by molar-refractivity contribution is -0.387. The minimum Gasteiger partial charge on any atom is -0.258 e. The smallest absolute Gasteiger partial charge is 0.258 e. The first-order valence-corrected chi connectivity index (χ1v) is 3.86. The number of benzene rings is 1. The van der Waals surface area contributed by atoms with Gasteiger partial charge in [0.25, 0.3) is 0 Å². The summed E-state index contributed by atoms with van der Waals surface area (Å²) >= 11 is 0. The molecule has 1 rings (SSSR count). The number of nitro benzene ring substituents is 1. The Morgan fingerprint density at radius 2 is 2.29 bits per heavy atom. The Labute approximate surface area is 79.7 Å². The highest BCUT2D eigenvalue weighted by Gasteiger charge is 2.18. The number of hydrogen-bond donors (Lipinski definition) is 0. The molecule has 0 saturated carbocycles. The summed E-state index contributed by atoms with van der Waals surface area (Å²) in [5.41, 5.74) is 0.0674. The summed E-state index contributed by atoms with van der Waals surface area (Å²) in [6, 6.07) is 4.34. The summed E-state index contributed by atoms with van der Waals surface area (Å²) in [5, 5.41) is 18.8. The molecule has 0 unspecified atom stereocenters. The molecule has 1 aromatic rings. The van der Waals surface area contributed by atoms with Gasteiger partial charge in [-0.1, -0.05) is 6.07 Å². The lowest BCUT2D eigenvalue weighted by Crippen LogP contribution is -1.98. The van der Waals surface area contributed by atoms with Gasteiger partial charge in [0.05, 0.1) is 17.4 Å². The van der Waals surface area contributed by atoms with Crippen LogP contribution in [-0.4, -0.2) is 4.92 Å². The van der Waals surface area contributed by atoms with Crippen molar-refractivity contribution in [2.75, 3.05) is 0 Å². The summed E-state index contributed by atoms with van der Waals surface area (Å²) < 4.78 is 13.3. The molecule has 0 fully saturated rings. The third-order valence-electron chi connectivity index (χ3n) is 1.74. The molecule has 0 amide bonds. The normalized spacial score (nSPS) is 9.50. The summed E-state index contributed by atoms with van der Waals surface area (Å²) in [4.78, 5) is 9.62. The van der Waals surface area contributed by atoms with Crippen molar-refractivity contribution in [3.8, 4) is 6.07 Å². The zero-order valence-corrected chi connectivity index (χ0v) is 7.45. The second-order valence-electron chi connectivity index (χ2n) is 2.85. The standard InChI is InChI=1S/C9H7FN2O2/c1-6-4-7(2-3-11)9(10)8(5-6)12(13)14/h4-5H,2H2,1H3. The van der Waals surface area contributed by atoms with Crippen molar-refractivity contribution < 1.29 is 9.31 Å². The Kier molecular flexibility index (Phi) is 2.77. The first-order valence-electron chi connectivity index (χ1n) is 3.86. The first kappa shape index (κ1) is 10.1. The van der Waals surface area contributed by atoms with E-state index in [0.717, 1.165) is 6.07 Å². The Morgan fingerprint density at radius 3 is 2.79 bits per heavy atom. The molecule has 0 atom stereocenters. The number of halogens is 1. The summed E-state index contributed by atoms with van der Waals surface area (Å²) in [6.07, 6.45) is -0.158. The van der Waals surface area contributed by atoms with Gasteiger partial charge in [0, 0.05) is 11.6 Å². The average molecular weight is 194 g/mol. The number of nitrogens with zero attached hydrogens (tertiary/aromatic N) is 2. The van der Waals surface area contributed by atoms with Crippen molar-refractivity contribution in [2.45, 2.75) is 13.3 Å². The fourth-order valence-corrected chi connectivity index (χ4v) is 1.17. The molecule has 14 heavy (non-hydrogen) atoms. The fourth-order valence-electron chi connectivity index (χ4n) is 1.17. The van der Waals surface area contributed by atoms with Gasteiger partial charge in [-0.2, -0.15) is 9.65 Å². The topological polar surface area (TPSA) is 66.9 Å². The van der Waals surface area contributed by atoms with Gasteiger partial charge >= 0.3 is 5.69 Å². The van der Waals surface area contributed by atoms with Crippen molar-refractivity contribution in [2.24, 2.45) is 0 Å². The lowest BCUT2D eigenvalue weighted by Gasteiger charge is -2.01. The summed E-state index contributed by atoms with van der Waals surface area (Å²) in [6.45, 7) is 1.62. The van der Waals surface area contributed by atoms with E-state index in [1.54, 1.807) is 13.0 Å². The zero-order valence-electron chi connectivity index (χ0n) is 7.45. The van der Waals surface area contributed by atoms with E-state index in [1.807, 2.05) is 0 Å². The highest BCUT2D eigenvalue weighted by atomic mass is 19.1. The molecule has 0 saturated heterocycles. The van der Waals surface area contributed by atoms with Crippen LogP contribution in [0, 0.1) is 34.2 Å². The van der Waals surface area contributed by atoms with Crippen LogP contribution in [0.15, 0.2) is 12.1 Å². The van der Waals surface area contributed by atoms with Crippen molar-refractivity contribution in [1.29, 1.82) is 5.26 Å². The van der Waals surface area contributed by atoms with E-state index in [4.69, 9.17) is 5.26 Å². The van der Waals surface area contributed by atoms with Crippen molar-refractivity contribution in [1.82, 2.24) is 0 Å². The van der Waals surface area contributed by atoms with E-state index >= 15 is 0 Å². The molecule has 1 aromatic carbocycles. The largest absolute Gasteiger partial charge is 0.305 e. The van der Waals surface area contributed by atoms with Crippen LogP contribution in [-0.2, 0) is 6.42 Å². The minimum absolute atomic E-state index is 0.0687. The molecule has 4 nitrogen and oxygen atoms in total. The molecule has 0 aliphatic heterocycles. The van der Waals surface area contributed by atoms with Gasteiger partial charge in [-0.15, -0.1) is 0 Å². The van der Waals surface area contributed by atoms with Crippen LogP contribution in [0.3, 0.4) is 0 Å². The average Bonchev–Trinajstić information content (AvgIpc) is 2.10. The number of hydrogen-bond acceptors (Lipinski definition) is 3. The third-order valence-corrected chi connectivity index (χ3v) is 1.74. The van der Waals surface area contributed by atoms with Crippen LogP contribution in [0.5, 0.6) is 0 Å². The van der Waals surface area contributed by atoms with E-state index < -0.39 is 16.4 Å². The third kappa shape index (κ3) is 1.85. The number of rotatable bonds is 2. The van der Waals surface area contributed by atoms with E-state index in [0.29, 0.717) is 5.56 Å². The highest BCUT2D eigenvalue weighted by Crippen LogP contribution is 2.22. The molecule has 0 N–H and O–H groups in total. The van der Waals surface area contributed by atoms with Crippen molar-refractivity contribution >= 4 is 5.69 Å². The highest BCUT2D eigenvalue weighted by molar-refractivity contribution is 5.41. The maximum Gasteiger partial charge on any atom is 0.305 e. The maximum absolute atomic E-state index is 13.3. The fraction of sp³-hybridized carbons (Fsp3) is 0.222. The molecule has 5 heteroatoms. The van der Waals surface area contributed by atoms with Crippen LogP contribution < -0.4 is 0 Å². The Bertz CT molecular complexity index is 424. The van der Waals surface area contributed by atoms with Gasteiger partial charge in [-0.25, -0.2) is 0 Å². The minimum atomic E-state index is -0.915. The molecule has 0 spiro atoms. The van der Waals surface area contributed by atoms with E-state index in [-0.39, 0.29) is 12.0 Å². The molecule has 0 aromatic heterocycles. The van der Waals surface area contributed by atoms with Crippen LogP contribution >= 0.6 is 0 Å². The molecular formula is C9H7FN2O2. The Balaban J connectivity index is 3.33. The van der Waals surface area contributed by atoms with Gasteiger partial charge in [0.15, 0.2) is 0 Å². The molecule has 72 valence electrons. The quantitative estimate of drug-likeness (QED) is 0.534. The van der Waals surface area contributed by atoms with Crippen LogP contribution in [0.4, 0.5) is 10.1 Å². The first-order chi connectivity index (χ1) is 6.56. The number of nitro groups is 1. The summed E-state index contributed by atoms with van der Waals surface area (Å²) in [7, 11) is 0. The maximum atomic E-state index is 13.3. The molecule has 0 radical (unpaired) electrons. The van der Waals surface area contributed by atoms with Gasteiger partial charge < -0.3 is 0 Å². The Morgan fingerprint density at radius 1 is 1.64 bits per heavy atom. The molecule has 0 bridgehead atoms. The van der Waals surface area contributed by atoms with Gasteiger partial charge in [0.2, 0.25) is 5.82 Å². The van der Waals surface area contributed by atoms with Crippen molar-refractivity contribution in [3.63, 3.8) is 0 Å². The van der Waals surface area contributed by atoms with Gasteiger partial charge in [-0.05, 0) is 12.5 Å². The van der Waals surface area contributed by atoms with Crippen LogP contribution in [0.25, 0.3) is 0 Å². The van der Waals surface area contributed by atoms with Gasteiger partial charge in [0.1, 0.15) is 0 Å². The molecule has 0 aliphatic carbocycles. The molecule has 0 aliphatic rings. The predicted molar refractivity (Wildman–Crippen MR) is 47.1 cm³/mol. The number of nitriles is 1. The summed E-state index contributed by atoms with van der Waals surface area (Å²) in [5.74, 6) is -0.915. The zero-order chi connectivity index (χ0) is 10.7. The molecular weight excluding hydrogens is 187 g/mol. The number of aryl methyl sites for hydroxylation is 1. The van der Waals surface area contributed by atoms with Crippen LogP contribution in [0.2, 0.25) is 0 Å². The second-order valence-corrected chi connectivity index (χ2v) is 2.85. The van der Waals surface area contributed by atoms with Crippen LogP contribution in [0.1, 0.15) is 11.1 Å². The van der Waals surface area contributed by atoms with Crippen molar-refractivity contribution in [3.05, 3.63) is 39.2 Å². The van der Waals surface area contributed by atoms with Gasteiger partial charge in [-0.3, -0.25) is 10.1 Å². The van der Waals surface area contributed by atoms with E-state index in [9.17, 15) is 14.5 Å².